The van der Waals surface area contributed by atoms with Gasteiger partial charge in [0.05, 0.1) is 24.0 Å². The summed E-state index contributed by atoms with van der Waals surface area (Å²) in [6, 6.07) is 5.68. The molecule has 2 rings (SSSR count). The van der Waals surface area contributed by atoms with Crippen molar-refractivity contribution in [3.8, 4) is 11.8 Å². The monoisotopic (exact) mass is 254 g/mol. The predicted octanol–water partition coefficient (Wildman–Crippen LogP) is 1.28. The number of nitrogens with one attached hydrogen (secondary N) is 2. The minimum Gasteiger partial charge on any atom is -0.321 e. The first-order valence-corrected chi connectivity index (χ1v) is 5.80. The second kappa shape index (κ2) is 5.85. The number of nitrogens with two attached hydrogens (primary N) is 1. The van der Waals surface area contributed by atoms with E-state index in [1.54, 1.807) is 0 Å². The van der Waals surface area contributed by atoms with E-state index < -0.39 is 0 Å². The van der Waals surface area contributed by atoms with Crippen molar-refractivity contribution < 1.29 is 4.79 Å². The molecule has 1 aromatic heterocycles. The molecule has 0 aliphatic rings. The molecule has 1 heterocycles. The Kier molecular flexibility index (Phi) is 3.96. The summed E-state index contributed by atoms with van der Waals surface area (Å²) in [4.78, 5) is 12.0. The first kappa shape index (κ1) is 12.9. The molecular formula is C14H14N4O. The van der Waals surface area contributed by atoms with Crippen LogP contribution in [0.15, 0.2) is 30.6 Å². The van der Waals surface area contributed by atoms with Crippen molar-refractivity contribution >= 4 is 11.6 Å². The molecule has 1 amide bonds. The number of benzene rings is 1. The van der Waals surface area contributed by atoms with Crippen LogP contribution >= 0.6 is 0 Å². The van der Waals surface area contributed by atoms with Gasteiger partial charge in [-0.2, -0.15) is 5.10 Å². The van der Waals surface area contributed by atoms with Crippen molar-refractivity contribution in [1.82, 2.24) is 10.2 Å². The van der Waals surface area contributed by atoms with Crippen molar-refractivity contribution in [2.24, 2.45) is 5.73 Å². The maximum absolute atomic E-state index is 12.0. The fourth-order valence-electron chi connectivity index (χ4n) is 1.59. The molecule has 0 saturated carbocycles. The molecular weight excluding hydrogens is 240 g/mol. The number of carbonyl (C=O) groups excluding carboxylic acids is 1. The molecule has 1 aromatic carbocycles. The van der Waals surface area contributed by atoms with Gasteiger partial charge in [0, 0.05) is 11.8 Å². The first-order chi connectivity index (χ1) is 9.20. The highest BCUT2D eigenvalue weighted by Gasteiger charge is 2.09. The van der Waals surface area contributed by atoms with Crippen LogP contribution in [0, 0.1) is 18.8 Å². The Balaban J connectivity index is 2.28. The lowest BCUT2D eigenvalue weighted by atomic mass is 10.1. The van der Waals surface area contributed by atoms with Gasteiger partial charge in [0.2, 0.25) is 0 Å². The Bertz CT molecular complexity index is 635. The van der Waals surface area contributed by atoms with Crippen LogP contribution in [-0.4, -0.2) is 22.6 Å². The lowest BCUT2D eigenvalue weighted by Gasteiger charge is -2.07. The Morgan fingerprint density at radius 1 is 1.53 bits per heavy atom. The van der Waals surface area contributed by atoms with E-state index in [-0.39, 0.29) is 12.5 Å². The van der Waals surface area contributed by atoms with Crippen molar-refractivity contribution in [2.75, 3.05) is 11.9 Å². The van der Waals surface area contributed by atoms with Gasteiger partial charge in [-0.15, -0.1) is 0 Å². The highest BCUT2D eigenvalue weighted by molar-refractivity contribution is 6.04. The Morgan fingerprint density at radius 2 is 2.37 bits per heavy atom. The maximum atomic E-state index is 12.0. The summed E-state index contributed by atoms with van der Waals surface area (Å²) in [6.45, 7) is 2.23. The molecule has 0 fully saturated rings. The van der Waals surface area contributed by atoms with Crippen molar-refractivity contribution in [1.29, 1.82) is 0 Å². The fraction of sp³-hybridized carbons (Fsp3) is 0.143. The Hall–Kier alpha value is -2.58. The van der Waals surface area contributed by atoms with Crippen LogP contribution in [-0.2, 0) is 0 Å². The standard InChI is InChI=1S/C14H14N4O/c1-10-4-5-11(3-2-6-15)13(7-10)18-14(19)12-8-16-17-9-12/h4-5,7-9H,6,15H2,1H3,(H,16,17)(H,18,19). The van der Waals surface area contributed by atoms with E-state index in [1.165, 1.54) is 12.4 Å². The van der Waals surface area contributed by atoms with Gasteiger partial charge >= 0.3 is 0 Å². The molecule has 4 N–H and O–H groups in total. The van der Waals surface area contributed by atoms with Gasteiger partial charge in [0.25, 0.3) is 5.91 Å². The summed E-state index contributed by atoms with van der Waals surface area (Å²) in [5.41, 5.74) is 8.29. The number of nitrogens with zero attached hydrogens (tertiary/aromatic N) is 1. The van der Waals surface area contributed by atoms with Crippen LogP contribution in [0.4, 0.5) is 5.69 Å². The maximum Gasteiger partial charge on any atom is 0.258 e. The molecule has 0 atom stereocenters. The highest BCUT2D eigenvalue weighted by atomic mass is 16.1. The van der Waals surface area contributed by atoms with E-state index in [2.05, 4.69) is 27.4 Å². The molecule has 5 nitrogen and oxygen atoms in total. The quantitative estimate of drug-likeness (QED) is 0.706. The largest absolute Gasteiger partial charge is 0.321 e. The summed E-state index contributed by atoms with van der Waals surface area (Å²) >= 11 is 0. The first-order valence-electron chi connectivity index (χ1n) is 5.80. The van der Waals surface area contributed by atoms with E-state index >= 15 is 0 Å². The average molecular weight is 254 g/mol. The number of carbonyl (C=O) groups is 1. The fourth-order valence-corrected chi connectivity index (χ4v) is 1.59. The van der Waals surface area contributed by atoms with E-state index in [1.807, 2.05) is 25.1 Å². The van der Waals surface area contributed by atoms with Gasteiger partial charge < -0.3 is 11.1 Å². The minimum absolute atomic E-state index is 0.227. The number of aromatic nitrogens is 2. The number of hydrogen-bond donors (Lipinski definition) is 3. The topological polar surface area (TPSA) is 83.8 Å². The van der Waals surface area contributed by atoms with Crippen LogP contribution in [0.25, 0.3) is 0 Å². The van der Waals surface area contributed by atoms with Crippen LogP contribution < -0.4 is 11.1 Å². The number of anilines is 1. The number of rotatable bonds is 2. The van der Waals surface area contributed by atoms with Gasteiger partial charge in [0.1, 0.15) is 0 Å². The van der Waals surface area contributed by atoms with Crippen LogP contribution in [0.5, 0.6) is 0 Å². The number of aromatic amines is 1. The summed E-state index contributed by atoms with van der Waals surface area (Å²) in [5, 5.41) is 9.17. The molecule has 2 aromatic rings. The molecule has 0 saturated heterocycles. The number of H-pyrrole nitrogens is 1. The molecule has 0 unspecified atom stereocenters. The smallest absolute Gasteiger partial charge is 0.258 e. The molecule has 0 aliphatic carbocycles. The van der Waals surface area contributed by atoms with Crippen molar-refractivity contribution in [2.45, 2.75) is 6.92 Å². The van der Waals surface area contributed by atoms with Gasteiger partial charge in [-0.3, -0.25) is 9.89 Å². The van der Waals surface area contributed by atoms with E-state index in [0.29, 0.717) is 11.3 Å². The zero-order valence-electron chi connectivity index (χ0n) is 10.5. The molecule has 96 valence electrons. The zero-order valence-corrected chi connectivity index (χ0v) is 10.5. The molecule has 0 aliphatic heterocycles. The molecule has 0 bridgehead atoms. The van der Waals surface area contributed by atoms with Crippen molar-refractivity contribution in [3.63, 3.8) is 0 Å². The van der Waals surface area contributed by atoms with Crippen LogP contribution in [0.3, 0.4) is 0 Å². The van der Waals surface area contributed by atoms with Gasteiger partial charge in [0.15, 0.2) is 0 Å². The van der Waals surface area contributed by atoms with Crippen LogP contribution in [0.1, 0.15) is 21.5 Å². The highest BCUT2D eigenvalue weighted by Crippen LogP contribution is 2.17. The second-order valence-electron chi connectivity index (χ2n) is 4.00. The predicted molar refractivity (Wildman–Crippen MR) is 73.7 cm³/mol. The normalized spacial score (nSPS) is 9.58. The lowest BCUT2D eigenvalue weighted by Crippen LogP contribution is -2.12. The Morgan fingerprint density at radius 3 is 3.05 bits per heavy atom. The third-order valence-electron chi connectivity index (χ3n) is 2.51. The zero-order chi connectivity index (χ0) is 13.7. The number of hydrogen-bond acceptors (Lipinski definition) is 3. The second-order valence-corrected chi connectivity index (χ2v) is 4.00. The summed E-state index contributed by atoms with van der Waals surface area (Å²) < 4.78 is 0. The van der Waals surface area contributed by atoms with Crippen LogP contribution in [0.2, 0.25) is 0 Å². The number of aryl methyl sites for hydroxylation is 1. The Labute approximate surface area is 111 Å². The van der Waals surface area contributed by atoms with E-state index in [4.69, 9.17) is 5.73 Å². The molecule has 5 heteroatoms. The lowest BCUT2D eigenvalue weighted by molar-refractivity contribution is 0.102. The molecule has 0 spiro atoms. The number of amides is 1. The third kappa shape index (κ3) is 3.21. The molecule has 19 heavy (non-hydrogen) atoms. The molecule has 0 radical (unpaired) electrons. The summed E-state index contributed by atoms with van der Waals surface area (Å²) in [5.74, 6) is 5.49. The van der Waals surface area contributed by atoms with E-state index in [0.717, 1.165) is 11.1 Å². The van der Waals surface area contributed by atoms with Crippen molar-refractivity contribution in [3.05, 3.63) is 47.3 Å². The third-order valence-corrected chi connectivity index (χ3v) is 2.51. The van der Waals surface area contributed by atoms with Gasteiger partial charge in [-0.05, 0) is 24.6 Å². The average Bonchev–Trinajstić information content (AvgIpc) is 2.92. The summed E-state index contributed by atoms with van der Waals surface area (Å²) in [6.07, 6.45) is 3.01. The minimum atomic E-state index is -0.227. The van der Waals surface area contributed by atoms with Gasteiger partial charge in [-0.25, -0.2) is 0 Å². The SMILES string of the molecule is Cc1ccc(C#CCN)c(NC(=O)c2cn[nH]c2)c1. The summed E-state index contributed by atoms with van der Waals surface area (Å²) in [7, 11) is 0. The van der Waals surface area contributed by atoms with Gasteiger partial charge in [-0.1, -0.05) is 17.9 Å². The van der Waals surface area contributed by atoms with E-state index in [9.17, 15) is 4.79 Å².